The zero-order valence-corrected chi connectivity index (χ0v) is 11.5. The van der Waals surface area contributed by atoms with E-state index >= 15 is 0 Å². The third-order valence-corrected chi connectivity index (χ3v) is 3.16. The molecule has 0 fully saturated rings. The molecule has 5 heteroatoms. The zero-order valence-electron chi connectivity index (χ0n) is 10.7. The second-order valence-electron chi connectivity index (χ2n) is 4.28. The van der Waals surface area contributed by atoms with E-state index in [0.717, 1.165) is 5.56 Å². The molecule has 2 rings (SSSR count). The van der Waals surface area contributed by atoms with E-state index in [2.05, 4.69) is 4.98 Å². The summed E-state index contributed by atoms with van der Waals surface area (Å²) in [6.45, 7) is 1.92. The molecule has 2 N–H and O–H groups in total. The number of anilines is 2. The molecule has 0 saturated heterocycles. The molecule has 0 aliphatic heterocycles. The van der Waals surface area contributed by atoms with Gasteiger partial charge in [-0.15, -0.1) is 0 Å². The normalized spacial score (nSPS) is 10.3. The Morgan fingerprint density at radius 2 is 2.11 bits per heavy atom. The first-order valence-corrected chi connectivity index (χ1v) is 6.12. The second kappa shape index (κ2) is 5.28. The number of hydrogen-bond donors (Lipinski definition) is 1. The van der Waals surface area contributed by atoms with E-state index in [-0.39, 0.29) is 5.91 Å². The summed E-state index contributed by atoms with van der Waals surface area (Å²) >= 11 is 6.10. The molecule has 0 aliphatic carbocycles. The number of aromatic nitrogens is 1. The lowest BCUT2D eigenvalue weighted by Gasteiger charge is -2.19. The Morgan fingerprint density at radius 3 is 2.74 bits per heavy atom. The number of hydrogen-bond acceptors (Lipinski definition) is 3. The number of carbonyl (C=O) groups is 1. The predicted octanol–water partition coefficient (Wildman–Crippen LogP) is 2.90. The zero-order chi connectivity index (χ0) is 14.0. The summed E-state index contributed by atoms with van der Waals surface area (Å²) in [5.41, 5.74) is 8.32. The monoisotopic (exact) mass is 275 g/mol. The molecule has 0 unspecified atom stereocenters. The molecular weight excluding hydrogens is 262 g/mol. The van der Waals surface area contributed by atoms with Gasteiger partial charge in [0.1, 0.15) is 0 Å². The molecular formula is C14H14ClN3O. The van der Waals surface area contributed by atoms with Crippen LogP contribution in [0.25, 0.3) is 0 Å². The van der Waals surface area contributed by atoms with Crippen LogP contribution in [0.15, 0.2) is 36.7 Å². The van der Waals surface area contributed by atoms with E-state index < -0.39 is 0 Å². The Bertz CT molecular complexity index is 628. The predicted molar refractivity (Wildman–Crippen MR) is 77.6 cm³/mol. The molecule has 1 aromatic carbocycles. The molecule has 98 valence electrons. The number of carbonyl (C=O) groups excluding carboxylic acids is 1. The fraction of sp³-hybridized carbons (Fsp3) is 0.143. The van der Waals surface area contributed by atoms with Crippen molar-refractivity contribution in [2.75, 3.05) is 17.7 Å². The van der Waals surface area contributed by atoms with Crippen LogP contribution in [0.1, 0.15) is 15.9 Å². The average molecular weight is 276 g/mol. The average Bonchev–Trinajstić information content (AvgIpc) is 2.38. The van der Waals surface area contributed by atoms with Crippen LogP contribution in [0.3, 0.4) is 0 Å². The van der Waals surface area contributed by atoms with Crippen LogP contribution in [0.4, 0.5) is 11.4 Å². The largest absolute Gasteiger partial charge is 0.396 e. The van der Waals surface area contributed by atoms with E-state index in [0.29, 0.717) is 22.0 Å². The van der Waals surface area contributed by atoms with Crippen LogP contribution in [0.2, 0.25) is 5.02 Å². The van der Waals surface area contributed by atoms with Gasteiger partial charge in [-0.2, -0.15) is 0 Å². The van der Waals surface area contributed by atoms with Crippen molar-refractivity contribution >= 4 is 28.9 Å². The van der Waals surface area contributed by atoms with Gasteiger partial charge in [-0.25, -0.2) is 0 Å². The summed E-state index contributed by atoms with van der Waals surface area (Å²) in [4.78, 5) is 17.8. The molecule has 0 bridgehead atoms. The Kier molecular flexibility index (Phi) is 3.71. The van der Waals surface area contributed by atoms with Gasteiger partial charge in [0.25, 0.3) is 5.91 Å². The van der Waals surface area contributed by atoms with Gasteiger partial charge < -0.3 is 10.6 Å². The van der Waals surface area contributed by atoms with E-state index in [4.69, 9.17) is 17.3 Å². The van der Waals surface area contributed by atoms with Gasteiger partial charge in [0.2, 0.25) is 0 Å². The van der Waals surface area contributed by atoms with E-state index in [1.165, 1.54) is 11.1 Å². The Balaban J connectivity index is 2.37. The Morgan fingerprint density at radius 1 is 1.37 bits per heavy atom. The first-order chi connectivity index (χ1) is 9.00. The lowest BCUT2D eigenvalue weighted by Crippen LogP contribution is -2.27. The minimum atomic E-state index is -0.206. The van der Waals surface area contributed by atoms with Crippen LogP contribution < -0.4 is 10.6 Å². The number of pyridine rings is 1. The number of amides is 1. The van der Waals surface area contributed by atoms with Crippen molar-refractivity contribution in [3.05, 3.63) is 52.8 Å². The van der Waals surface area contributed by atoms with Crippen molar-refractivity contribution in [1.82, 2.24) is 4.98 Å². The molecule has 1 amide bonds. The number of halogens is 1. The Hall–Kier alpha value is -2.07. The molecule has 0 radical (unpaired) electrons. The van der Waals surface area contributed by atoms with E-state index in [1.807, 2.05) is 13.0 Å². The van der Waals surface area contributed by atoms with Crippen LogP contribution in [-0.2, 0) is 0 Å². The molecule has 4 nitrogen and oxygen atoms in total. The highest BCUT2D eigenvalue weighted by molar-refractivity contribution is 6.34. The van der Waals surface area contributed by atoms with Crippen LogP contribution in [0.5, 0.6) is 0 Å². The fourth-order valence-corrected chi connectivity index (χ4v) is 2.10. The minimum Gasteiger partial charge on any atom is -0.396 e. The molecule has 0 aliphatic rings. The van der Waals surface area contributed by atoms with Gasteiger partial charge in [0, 0.05) is 13.2 Å². The summed E-state index contributed by atoms with van der Waals surface area (Å²) in [5, 5.41) is 0.435. The number of rotatable bonds is 2. The van der Waals surface area contributed by atoms with Crippen molar-refractivity contribution in [2.45, 2.75) is 6.92 Å². The quantitative estimate of drug-likeness (QED) is 0.917. The summed E-state index contributed by atoms with van der Waals surface area (Å²) in [6, 6.07) is 7.02. The van der Waals surface area contributed by atoms with Gasteiger partial charge in [-0.3, -0.25) is 9.78 Å². The molecule has 2 aromatic rings. The maximum absolute atomic E-state index is 12.4. The van der Waals surface area contributed by atoms with Crippen molar-refractivity contribution in [2.24, 2.45) is 0 Å². The maximum atomic E-state index is 12.4. The van der Waals surface area contributed by atoms with Gasteiger partial charge in [-0.05, 0) is 30.7 Å². The summed E-state index contributed by atoms with van der Waals surface area (Å²) in [6.07, 6.45) is 3.10. The van der Waals surface area contributed by atoms with Crippen molar-refractivity contribution in [3.63, 3.8) is 0 Å². The third-order valence-electron chi connectivity index (χ3n) is 2.85. The van der Waals surface area contributed by atoms with Crippen molar-refractivity contribution in [3.8, 4) is 0 Å². The molecule has 0 atom stereocenters. The second-order valence-corrected chi connectivity index (χ2v) is 4.69. The first kappa shape index (κ1) is 13.4. The van der Waals surface area contributed by atoms with Gasteiger partial charge in [0.05, 0.1) is 28.2 Å². The number of benzene rings is 1. The maximum Gasteiger partial charge on any atom is 0.259 e. The minimum absolute atomic E-state index is 0.206. The van der Waals surface area contributed by atoms with Crippen LogP contribution in [-0.4, -0.2) is 17.9 Å². The number of nitrogens with two attached hydrogens (primary N) is 1. The summed E-state index contributed by atoms with van der Waals surface area (Å²) < 4.78 is 0. The smallest absolute Gasteiger partial charge is 0.259 e. The topological polar surface area (TPSA) is 59.2 Å². The highest BCUT2D eigenvalue weighted by Gasteiger charge is 2.18. The van der Waals surface area contributed by atoms with Crippen LogP contribution in [0, 0.1) is 6.92 Å². The van der Waals surface area contributed by atoms with E-state index in [9.17, 15) is 4.79 Å². The standard InChI is InChI=1S/C14H14ClN3O/c1-9-3-4-10(11(15)7-9)14(19)18(2)13-5-6-17-8-12(13)16/h3-8H,16H2,1-2H3. The molecule has 1 aromatic heterocycles. The molecule has 0 saturated carbocycles. The summed E-state index contributed by atoms with van der Waals surface area (Å²) in [7, 11) is 1.66. The lowest BCUT2D eigenvalue weighted by atomic mass is 10.1. The molecule has 1 heterocycles. The van der Waals surface area contributed by atoms with Crippen molar-refractivity contribution < 1.29 is 4.79 Å². The lowest BCUT2D eigenvalue weighted by molar-refractivity contribution is 0.0993. The molecule has 0 spiro atoms. The summed E-state index contributed by atoms with van der Waals surface area (Å²) in [5.74, 6) is -0.206. The van der Waals surface area contributed by atoms with E-state index in [1.54, 1.807) is 31.4 Å². The SMILES string of the molecule is Cc1ccc(C(=O)N(C)c2ccncc2N)c(Cl)c1. The fourth-order valence-electron chi connectivity index (χ4n) is 1.79. The first-order valence-electron chi connectivity index (χ1n) is 5.74. The number of nitrogens with zero attached hydrogens (tertiary/aromatic N) is 2. The van der Waals surface area contributed by atoms with Gasteiger partial charge in [-0.1, -0.05) is 17.7 Å². The van der Waals surface area contributed by atoms with Crippen LogP contribution >= 0.6 is 11.6 Å². The molecule has 19 heavy (non-hydrogen) atoms. The number of aryl methyl sites for hydroxylation is 1. The highest BCUT2D eigenvalue weighted by Crippen LogP contribution is 2.25. The van der Waals surface area contributed by atoms with Gasteiger partial charge in [0.15, 0.2) is 0 Å². The Labute approximate surface area is 116 Å². The number of nitrogen functional groups attached to an aromatic ring is 1. The van der Waals surface area contributed by atoms with Crippen molar-refractivity contribution in [1.29, 1.82) is 0 Å². The van der Waals surface area contributed by atoms with Gasteiger partial charge >= 0.3 is 0 Å². The third kappa shape index (κ3) is 2.69. The highest BCUT2D eigenvalue weighted by atomic mass is 35.5.